The molecule has 4 aromatic carbocycles. The maximum Gasteiger partial charge on any atom is 0.412 e. The van der Waals surface area contributed by atoms with Crippen molar-refractivity contribution in [3.05, 3.63) is 120 Å². The van der Waals surface area contributed by atoms with E-state index in [0.29, 0.717) is 17.9 Å². The van der Waals surface area contributed by atoms with Crippen molar-refractivity contribution in [2.24, 2.45) is 0 Å². The van der Waals surface area contributed by atoms with Crippen LogP contribution in [0.1, 0.15) is 66.0 Å². The van der Waals surface area contributed by atoms with Crippen LogP contribution >= 0.6 is 0 Å². The predicted molar refractivity (Wildman–Crippen MR) is 222 cm³/mol. The molecule has 0 saturated carbocycles. The molecule has 54 heavy (non-hydrogen) atoms. The number of rotatable bonds is 10. The van der Waals surface area contributed by atoms with Gasteiger partial charge < -0.3 is 29.7 Å². The summed E-state index contributed by atoms with van der Waals surface area (Å²) >= 11 is 0. The largest absolute Gasteiger partial charge is 0.496 e. The molecule has 0 bridgehead atoms. The van der Waals surface area contributed by atoms with Gasteiger partial charge in [0, 0.05) is 27.9 Å². The van der Waals surface area contributed by atoms with Crippen LogP contribution in [0.2, 0.25) is 0 Å². The van der Waals surface area contributed by atoms with Crippen molar-refractivity contribution < 1.29 is 29.2 Å². The Kier molecular flexibility index (Phi) is 12.4. The number of carbonyl (C=O) groups is 1. The van der Waals surface area contributed by atoms with Crippen LogP contribution in [0.5, 0.6) is 11.5 Å². The molecule has 0 fully saturated rings. The zero-order valence-corrected chi connectivity index (χ0v) is 32.9. The molecule has 2 atom stereocenters. The van der Waals surface area contributed by atoms with Crippen molar-refractivity contribution in [3.8, 4) is 33.8 Å². The second kappa shape index (κ2) is 16.8. The van der Waals surface area contributed by atoms with Crippen molar-refractivity contribution in [1.29, 1.82) is 0 Å². The summed E-state index contributed by atoms with van der Waals surface area (Å²) in [7, 11) is 3.33. The molecule has 8 nitrogen and oxygen atoms in total. The summed E-state index contributed by atoms with van der Waals surface area (Å²) in [4.78, 5) is 13.2. The van der Waals surface area contributed by atoms with Gasteiger partial charge in [0.1, 0.15) is 11.5 Å². The maximum absolute atomic E-state index is 11.9. The van der Waals surface area contributed by atoms with E-state index in [4.69, 9.17) is 14.2 Å². The van der Waals surface area contributed by atoms with E-state index in [1.165, 1.54) is 16.0 Å². The molecule has 0 aliphatic carbocycles. The number of aliphatic hydroxyl groups excluding tert-OH is 1. The van der Waals surface area contributed by atoms with Gasteiger partial charge in [0.05, 0.1) is 49.8 Å². The summed E-state index contributed by atoms with van der Waals surface area (Å²) in [5.41, 5.74) is 8.73. The number of ether oxygens (including phenoxy) is 3. The van der Waals surface area contributed by atoms with E-state index in [2.05, 4.69) is 75.5 Å². The number of aliphatic hydroxyl groups is 1. The van der Waals surface area contributed by atoms with Crippen molar-refractivity contribution in [1.82, 2.24) is 0 Å². The fourth-order valence-electron chi connectivity index (χ4n) is 7.19. The summed E-state index contributed by atoms with van der Waals surface area (Å²) in [5, 5.41) is 23.6. The molecule has 2 aliphatic heterocycles. The Morgan fingerprint density at radius 2 is 1.35 bits per heavy atom. The summed E-state index contributed by atoms with van der Waals surface area (Å²) in [6.45, 7) is 14.6. The maximum atomic E-state index is 11.9. The third kappa shape index (κ3) is 8.73. The number of fused-ring (bicyclic) bond motifs is 2. The van der Waals surface area contributed by atoms with Gasteiger partial charge in [0.25, 0.3) is 0 Å². The molecule has 0 spiro atoms. The minimum atomic E-state index is -1.03. The van der Waals surface area contributed by atoms with Crippen molar-refractivity contribution in [2.75, 3.05) is 31.0 Å². The van der Waals surface area contributed by atoms with E-state index in [1.807, 2.05) is 74.5 Å². The van der Waals surface area contributed by atoms with Gasteiger partial charge in [0.2, 0.25) is 0 Å². The number of nitrogens with zero attached hydrogens (tertiary/aromatic N) is 1. The SMILES string of the molecule is CC/C=C/COC(C)C1=CC(C)(C)Nc2ccc(-c3ccccc3OC)cc21.COc1ccccc1-c1ccc2c(c1)C(C(C)O)=CC(C)(C)N2C(=O)O. The van der Waals surface area contributed by atoms with Crippen LogP contribution < -0.4 is 19.7 Å². The normalized spacial score (nSPS) is 16.4. The fraction of sp³-hybridized carbons (Fsp3) is 0.326. The number of carboxylic acid groups (broad SMARTS) is 1. The topological polar surface area (TPSA) is 100 Å². The minimum Gasteiger partial charge on any atom is -0.496 e. The average Bonchev–Trinajstić information content (AvgIpc) is 3.14. The molecule has 4 aromatic rings. The molecule has 1 amide bonds. The van der Waals surface area contributed by atoms with E-state index < -0.39 is 17.7 Å². The monoisotopic (exact) mass is 730 g/mol. The predicted octanol–water partition coefficient (Wildman–Crippen LogP) is 10.7. The second-order valence-electron chi connectivity index (χ2n) is 14.7. The molecule has 2 heterocycles. The third-order valence-corrected chi connectivity index (χ3v) is 9.70. The molecule has 8 heteroatoms. The number of allylic oxidation sites excluding steroid dienone is 1. The van der Waals surface area contributed by atoms with Crippen molar-refractivity contribution >= 4 is 28.6 Å². The van der Waals surface area contributed by atoms with Gasteiger partial charge in [-0.05, 0) is 107 Å². The number of hydrogen-bond donors (Lipinski definition) is 3. The number of hydrogen-bond acceptors (Lipinski definition) is 6. The Balaban J connectivity index is 0.000000208. The highest BCUT2D eigenvalue weighted by molar-refractivity contribution is 5.98. The summed E-state index contributed by atoms with van der Waals surface area (Å²) < 4.78 is 17.1. The Hall–Kier alpha value is -5.31. The minimum absolute atomic E-state index is 0.00884. The molecular weight excluding hydrogens is 677 g/mol. The van der Waals surface area contributed by atoms with E-state index in [0.717, 1.165) is 51.4 Å². The van der Waals surface area contributed by atoms with Crippen LogP contribution in [0.15, 0.2) is 109 Å². The number of amides is 1. The first-order valence-electron chi connectivity index (χ1n) is 18.5. The van der Waals surface area contributed by atoms with Crippen LogP contribution in [0, 0.1) is 0 Å². The highest BCUT2D eigenvalue weighted by Gasteiger charge is 2.38. The zero-order chi connectivity index (χ0) is 39.2. The van der Waals surface area contributed by atoms with Gasteiger partial charge in [-0.25, -0.2) is 4.79 Å². The molecule has 2 aliphatic rings. The lowest BCUT2D eigenvalue weighted by molar-refractivity contribution is 0.129. The number of methoxy groups -OCH3 is 2. The molecule has 0 aromatic heterocycles. The van der Waals surface area contributed by atoms with Crippen LogP contribution in [0.25, 0.3) is 33.4 Å². The number of nitrogens with one attached hydrogen (secondary N) is 1. The van der Waals surface area contributed by atoms with Gasteiger partial charge in [-0.3, -0.25) is 4.90 Å². The van der Waals surface area contributed by atoms with Gasteiger partial charge in [-0.2, -0.15) is 0 Å². The van der Waals surface area contributed by atoms with Crippen molar-refractivity contribution in [2.45, 2.75) is 78.2 Å². The molecule has 6 rings (SSSR count). The third-order valence-electron chi connectivity index (χ3n) is 9.70. The smallest absolute Gasteiger partial charge is 0.412 e. The molecule has 2 unspecified atom stereocenters. The fourth-order valence-corrected chi connectivity index (χ4v) is 7.19. The van der Waals surface area contributed by atoms with E-state index >= 15 is 0 Å². The van der Waals surface area contributed by atoms with Crippen molar-refractivity contribution in [3.63, 3.8) is 0 Å². The van der Waals surface area contributed by atoms with Gasteiger partial charge in [0.15, 0.2) is 0 Å². The quantitative estimate of drug-likeness (QED) is 0.140. The lowest BCUT2D eigenvalue weighted by atomic mass is 9.85. The lowest BCUT2D eigenvalue weighted by Gasteiger charge is -2.40. The molecule has 284 valence electrons. The van der Waals surface area contributed by atoms with Gasteiger partial charge in [-0.1, -0.05) is 79.8 Å². The summed E-state index contributed by atoms with van der Waals surface area (Å²) in [6, 6.07) is 27.9. The number of benzene rings is 4. The number of para-hydroxylation sites is 2. The van der Waals surface area contributed by atoms with Crippen LogP contribution in [0.3, 0.4) is 0 Å². The first kappa shape index (κ1) is 39.9. The standard InChI is InChI=1S/C25H31NO2.C21H23NO4/c1-6-7-10-15-28-18(2)22-17-25(3,4)26-23-14-13-19(16-21(22)23)20-11-8-9-12-24(20)27-5;1-13(23)17-12-21(2,3)22(20(24)25)18-10-9-14(11-16(17)18)15-7-5-6-8-19(15)26-4/h7-14,16-18,26H,6,15H2,1-5H3;5-13,23H,1-4H3,(H,24,25)/b10-7+;. The molecule has 0 radical (unpaired) electrons. The number of anilines is 2. The van der Waals surface area contributed by atoms with Crippen LogP contribution in [-0.2, 0) is 4.74 Å². The van der Waals surface area contributed by atoms with Crippen LogP contribution in [0.4, 0.5) is 16.2 Å². The molecular formula is C46H54N2O6. The Labute approximate surface area is 320 Å². The lowest BCUT2D eigenvalue weighted by Crippen LogP contribution is -2.48. The van der Waals surface area contributed by atoms with Gasteiger partial charge in [-0.15, -0.1) is 0 Å². The Bertz CT molecular complexity index is 2060. The Morgan fingerprint density at radius 3 is 1.91 bits per heavy atom. The molecule has 3 N–H and O–H groups in total. The summed E-state index contributed by atoms with van der Waals surface area (Å²) in [6.07, 6.45) is 7.64. The first-order valence-corrected chi connectivity index (χ1v) is 18.5. The Morgan fingerprint density at radius 1 is 0.778 bits per heavy atom. The van der Waals surface area contributed by atoms with E-state index in [9.17, 15) is 15.0 Å². The summed E-state index contributed by atoms with van der Waals surface area (Å²) in [5.74, 6) is 1.62. The highest BCUT2D eigenvalue weighted by Crippen LogP contribution is 2.44. The van der Waals surface area contributed by atoms with Gasteiger partial charge >= 0.3 is 6.09 Å². The van der Waals surface area contributed by atoms with E-state index in [1.54, 1.807) is 27.2 Å². The zero-order valence-electron chi connectivity index (χ0n) is 32.9. The highest BCUT2D eigenvalue weighted by atomic mass is 16.5. The second-order valence-corrected chi connectivity index (χ2v) is 14.7. The first-order chi connectivity index (χ1) is 25.7. The molecule has 0 saturated heterocycles. The van der Waals surface area contributed by atoms with Crippen LogP contribution in [-0.4, -0.2) is 60.4 Å². The van der Waals surface area contributed by atoms with E-state index in [-0.39, 0.29) is 11.6 Å². The average molecular weight is 731 g/mol.